The van der Waals surface area contributed by atoms with Crippen LogP contribution in [0.1, 0.15) is 37.0 Å². The molecule has 1 heterocycles. The molecule has 150 valence electrons. The first-order valence-electron chi connectivity index (χ1n) is 9.96. The molecule has 0 bridgehead atoms. The number of carbonyl (C=O) groups is 1. The van der Waals surface area contributed by atoms with Crippen LogP contribution < -0.4 is 5.32 Å². The Kier molecular flexibility index (Phi) is 7.18. The summed E-state index contributed by atoms with van der Waals surface area (Å²) in [5, 5.41) is 2.98. The summed E-state index contributed by atoms with van der Waals surface area (Å²) < 4.78 is 19.5. The number of ether oxygens (including phenoxy) is 1. The minimum atomic E-state index is -0.255. The molecule has 0 aromatic heterocycles. The standard InChI is InChI=1S/C23H29FN2O2/c1-17-14-26(15-18(2)28-17)16-21-9-4-3-8-20(21)13-25-23(27)12-11-19-7-5-6-10-22(19)24/h3-10,17-18H,11-16H2,1-2H3,(H,25,27). The highest BCUT2D eigenvalue weighted by molar-refractivity contribution is 5.76. The van der Waals surface area contributed by atoms with Gasteiger partial charge in [0.25, 0.3) is 0 Å². The van der Waals surface area contributed by atoms with Crippen molar-refractivity contribution in [2.75, 3.05) is 13.1 Å². The molecule has 5 heteroatoms. The Morgan fingerprint density at radius 2 is 1.64 bits per heavy atom. The molecule has 1 aliphatic rings. The molecule has 2 aromatic carbocycles. The molecule has 1 N–H and O–H groups in total. The van der Waals surface area contributed by atoms with Gasteiger partial charge in [0.05, 0.1) is 12.2 Å². The lowest BCUT2D eigenvalue weighted by Gasteiger charge is -2.35. The third kappa shape index (κ3) is 5.88. The lowest BCUT2D eigenvalue weighted by atomic mass is 10.1. The summed E-state index contributed by atoms with van der Waals surface area (Å²) in [6.07, 6.45) is 1.15. The summed E-state index contributed by atoms with van der Waals surface area (Å²) in [6.45, 7) is 7.36. The number of hydrogen-bond donors (Lipinski definition) is 1. The van der Waals surface area contributed by atoms with Crippen molar-refractivity contribution in [1.82, 2.24) is 10.2 Å². The van der Waals surface area contributed by atoms with E-state index >= 15 is 0 Å². The number of rotatable bonds is 7. The third-order valence-electron chi connectivity index (χ3n) is 5.06. The van der Waals surface area contributed by atoms with Gasteiger partial charge in [0.1, 0.15) is 5.82 Å². The van der Waals surface area contributed by atoms with Gasteiger partial charge in [-0.1, -0.05) is 42.5 Å². The van der Waals surface area contributed by atoms with Crippen molar-refractivity contribution >= 4 is 5.91 Å². The smallest absolute Gasteiger partial charge is 0.220 e. The molecular weight excluding hydrogens is 355 g/mol. The lowest BCUT2D eigenvalue weighted by molar-refractivity contribution is -0.121. The van der Waals surface area contributed by atoms with E-state index in [0.29, 0.717) is 18.5 Å². The van der Waals surface area contributed by atoms with Crippen molar-refractivity contribution in [3.05, 3.63) is 71.0 Å². The normalized spacial score (nSPS) is 20.1. The number of amides is 1. The van der Waals surface area contributed by atoms with Crippen LogP contribution >= 0.6 is 0 Å². The Bertz CT molecular complexity index is 786. The first-order valence-corrected chi connectivity index (χ1v) is 9.96. The minimum absolute atomic E-state index is 0.0633. The zero-order chi connectivity index (χ0) is 19.9. The quantitative estimate of drug-likeness (QED) is 0.792. The van der Waals surface area contributed by atoms with Crippen molar-refractivity contribution in [1.29, 1.82) is 0 Å². The van der Waals surface area contributed by atoms with Crippen LogP contribution in [0.3, 0.4) is 0 Å². The predicted octanol–water partition coefficient (Wildman–Crippen LogP) is 3.68. The van der Waals surface area contributed by atoms with Crippen LogP contribution in [-0.2, 0) is 29.0 Å². The Labute approximate surface area is 166 Å². The number of morpholine rings is 1. The zero-order valence-corrected chi connectivity index (χ0v) is 16.7. The SMILES string of the molecule is CC1CN(Cc2ccccc2CNC(=O)CCc2ccccc2F)CC(C)O1. The highest BCUT2D eigenvalue weighted by Gasteiger charge is 2.22. The monoisotopic (exact) mass is 384 g/mol. The van der Waals surface area contributed by atoms with Crippen LogP contribution in [-0.4, -0.2) is 36.1 Å². The maximum atomic E-state index is 13.7. The van der Waals surface area contributed by atoms with Crippen LogP contribution in [0.15, 0.2) is 48.5 Å². The van der Waals surface area contributed by atoms with E-state index in [1.807, 2.05) is 12.1 Å². The van der Waals surface area contributed by atoms with Gasteiger partial charge < -0.3 is 10.1 Å². The average molecular weight is 384 g/mol. The van der Waals surface area contributed by atoms with Gasteiger partial charge in [-0.3, -0.25) is 9.69 Å². The van der Waals surface area contributed by atoms with E-state index in [9.17, 15) is 9.18 Å². The molecular formula is C23H29FN2O2. The molecule has 4 nitrogen and oxygen atoms in total. The predicted molar refractivity (Wildman–Crippen MR) is 108 cm³/mol. The van der Waals surface area contributed by atoms with E-state index in [2.05, 4.69) is 36.2 Å². The van der Waals surface area contributed by atoms with E-state index < -0.39 is 0 Å². The molecule has 1 saturated heterocycles. The third-order valence-corrected chi connectivity index (χ3v) is 5.06. The Hall–Kier alpha value is -2.24. The maximum absolute atomic E-state index is 13.7. The molecule has 28 heavy (non-hydrogen) atoms. The lowest BCUT2D eigenvalue weighted by Crippen LogP contribution is -2.45. The average Bonchev–Trinajstić information content (AvgIpc) is 2.66. The first-order chi connectivity index (χ1) is 13.5. The van der Waals surface area contributed by atoms with E-state index in [4.69, 9.17) is 4.74 Å². The molecule has 0 aliphatic carbocycles. The van der Waals surface area contributed by atoms with Gasteiger partial charge in [-0.2, -0.15) is 0 Å². The van der Waals surface area contributed by atoms with Crippen LogP contribution in [0.2, 0.25) is 0 Å². The molecule has 2 unspecified atom stereocenters. The summed E-state index contributed by atoms with van der Waals surface area (Å²) in [7, 11) is 0. The number of halogens is 1. The molecule has 1 aliphatic heterocycles. The fraction of sp³-hybridized carbons (Fsp3) is 0.435. The van der Waals surface area contributed by atoms with E-state index in [0.717, 1.165) is 25.2 Å². The van der Waals surface area contributed by atoms with Crippen molar-refractivity contribution in [3.63, 3.8) is 0 Å². The topological polar surface area (TPSA) is 41.6 Å². The minimum Gasteiger partial charge on any atom is -0.373 e. The van der Waals surface area contributed by atoms with Crippen LogP contribution in [0, 0.1) is 5.82 Å². The van der Waals surface area contributed by atoms with E-state index in [1.165, 1.54) is 11.6 Å². The summed E-state index contributed by atoms with van der Waals surface area (Å²) in [5.41, 5.74) is 2.92. The highest BCUT2D eigenvalue weighted by atomic mass is 19.1. The number of nitrogens with one attached hydrogen (secondary N) is 1. The molecule has 0 radical (unpaired) electrons. The number of benzene rings is 2. The fourth-order valence-corrected chi connectivity index (χ4v) is 3.77. The molecule has 1 fully saturated rings. The molecule has 0 spiro atoms. The highest BCUT2D eigenvalue weighted by Crippen LogP contribution is 2.17. The molecule has 2 atom stereocenters. The van der Waals surface area contributed by atoms with Gasteiger partial charge in [-0.05, 0) is 43.0 Å². The van der Waals surface area contributed by atoms with Crippen molar-refractivity contribution in [2.45, 2.75) is 52.0 Å². The summed E-state index contributed by atoms with van der Waals surface area (Å²) >= 11 is 0. The Balaban J connectivity index is 1.53. The molecule has 3 rings (SSSR count). The van der Waals surface area contributed by atoms with E-state index in [-0.39, 0.29) is 30.4 Å². The van der Waals surface area contributed by atoms with E-state index in [1.54, 1.807) is 18.2 Å². The Morgan fingerprint density at radius 3 is 2.32 bits per heavy atom. The number of nitrogens with zero attached hydrogens (tertiary/aromatic N) is 1. The first kappa shape index (κ1) is 20.5. The largest absolute Gasteiger partial charge is 0.373 e. The second-order valence-electron chi connectivity index (χ2n) is 7.59. The fourth-order valence-electron chi connectivity index (χ4n) is 3.77. The van der Waals surface area contributed by atoms with Gasteiger partial charge >= 0.3 is 0 Å². The molecule has 2 aromatic rings. The van der Waals surface area contributed by atoms with Crippen LogP contribution in [0.4, 0.5) is 4.39 Å². The summed E-state index contributed by atoms with van der Waals surface area (Å²) in [6, 6.07) is 14.8. The number of aryl methyl sites for hydroxylation is 1. The number of hydrogen-bond acceptors (Lipinski definition) is 3. The number of carbonyl (C=O) groups excluding carboxylic acids is 1. The van der Waals surface area contributed by atoms with Crippen molar-refractivity contribution < 1.29 is 13.9 Å². The van der Waals surface area contributed by atoms with Gasteiger partial charge in [-0.15, -0.1) is 0 Å². The van der Waals surface area contributed by atoms with Gasteiger partial charge in [-0.25, -0.2) is 4.39 Å². The molecule has 0 saturated carbocycles. The zero-order valence-electron chi connectivity index (χ0n) is 16.7. The summed E-state index contributed by atoms with van der Waals surface area (Å²) in [4.78, 5) is 14.6. The summed E-state index contributed by atoms with van der Waals surface area (Å²) in [5.74, 6) is -0.318. The van der Waals surface area contributed by atoms with Gasteiger partial charge in [0, 0.05) is 32.6 Å². The second kappa shape index (κ2) is 9.80. The Morgan fingerprint density at radius 1 is 1.04 bits per heavy atom. The van der Waals surface area contributed by atoms with Crippen LogP contribution in [0.25, 0.3) is 0 Å². The van der Waals surface area contributed by atoms with Gasteiger partial charge in [0.15, 0.2) is 0 Å². The van der Waals surface area contributed by atoms with Crippen molar-refractivity contribution in [3.8, 4) is 0 Å². The van der Waals surface area contributed by atoms with Crippen molar-refractivity contribution in [2.24, 2.45) is 0 Å². The second-order valence-corrected chi connectivity index (χ2v) is 7.59. The maximum Gasteiger partial charge on any atom is 0.220 e. The van der Waals surface area contributed by atoms with Crippen LogP contribution in [0.5, 0.6) is 0 Å². The van der Waals surface area contributed by atoms with Gasteiger partial charge in [0.2, 0.25) is 5.91 Å². The molecule has 1 amide bonds.